The fourth-order valence-corrected chi connectivity index (χ4v) is 8.92. The Bertz CT molecular complexity index is 1730. The highest BCUT2D eigenvalue weighted by Crippen LogP contribution is 2.60. The smallest absolute Gasteiger partial charge is 0.267 e. The van der Waals surface area contributed by atoms with Crippen LogP contribution in [0.4, 0.5) is 5.69 Å². The first-order valence-electron chi connectivity index (χ1n) is 15.2. The zero-order chi connectivity index (χ0) is 27.9. The summed E-state index contributed by atoms with van der Waals surface area (Å²) in [5, 5.41) is 13.5. The van der Waals surface area contributed by atoms with E-state index in [0.29, 0.717) is 11.0 Å². The molecule has 1 amide bonds. The molecule has 4 aromatic rings. The van der Waals surface area contributed by atoms with Crippen LogP contribution in [0.3, 0.4) is 0 Å². The number of hydrogen-bond acceptors (Lipinski definition) is 3. The van der Waals surface area contributed by atoms with Crippen molar-refractivity contribution in [3.05, 3.63) is 94.8 Å². The van der Waals surface area contributed by atoms with E-state index in [4.69, 9.17) is 10.2 Å². The van der Waals surface area contributed by atoms with Crippen molar-refractivity contribution in [3.8, 4) is 5.69 Å². The zero-order valence-electron chi connectivity index (χ0n) is 24.1. The minimum Gasteiger partial charge on any atom is -0.267 e. The number of benzene rings is 3. The molecule has 4 bridgehead atoms. The van der Waals surface area contributed by atoms with Crippen LogP contribution in [0.25, 0.3) is 22.5 Å². The molecule has 4 saturated carbocycles. The normalized spacial score (nSPS) is 27.8. The van der Waals surface area contributed by atoms with E-state index in [1.54, 1.807) is 5.01 Å². The third-order valence-electron chi connectivity index (χ3n) is 10.5. The van der Waals surface area contributed by atoms with Crippen LogP contribution in [-0.2, 0) is 10.2 Å². The molecule has 0 N–H and O–H groups in total. The third kappa shape index (κ3) is 3.85. The van der Waals surface area contributed by atoms with Crippen molar-refractivity contribution in [1.29, 1.82) is 0 Å². The van der Waals surface area contributed by atoms with E-state index in [1.807, 2.05) is 24.6 Å². The van der Waals surface area contributed by atoms with E-state index in [1.165, 1.54) is 49.5 Å². The van der Waals surface area contributed by atoms with Crippen molar-refractivity contribution in [3.63, 3.8) is 0 Å². The molecule has 0 atom stereocenters. The molecular formula is C36H36N4O. The molecule has 41 heavy (non-hydrogen) atoms. The summed E-state index contributed by atoms with van der Waals surface area (Å²) in [6, 6.07) is 23.4. The van der Waals surface area contributed by atoms with Gasteiger partial charge in [0, 0.05) is 16.6 Å². The summed E-state index contributed by atoms with van der Waals surface area (Å²) in [6.45, 7) is 6.00. The highest BCUT2D eigenvalue weighted by atomic mass is 16.2. The van der Waals surface area contributed by atoms with Crippen LogP contribution in [0.15, 0.2) is 77.4 Å². The quantitative estimate of drug-likeness (QED) is 0.247. The topological polar surface area (TPSA) is 50.5 Å². The first-order chi connectivity index (χ1) is 19.9. The SMILES string of the molecule is CC1=NN(c2ccc(C34CC5CC(CC(C5)C3)C4)cc2)C(=O)/C1=C/c1c(C)nn(-c2cccc3ccccc23)c1C. The van der Waals surface area contributed by atoms with Crippen LogP contribution in [-0.4, -0.2) is 21.4 Å². The van der Waals surface area contributed by atoms with Gasteiger partial charge in [0.25, 0.3) is 5.91 Å². The van der Waals surface area contributed by atoms with E-state index in [2.05, 4.69) is 73.7 Å². The third-order valence-corrected chi connectivity index (χ3v) is 10.5. The maximum Gasteiger partial charge on any atom is 0.280 e. The summed E-state index contributed by atoms with van der Waals surface area (Å²) in [7, 11) is 0. The van der Waals surface area contributed by atoms with Gasteiger partial charge in [-0.3, -0.25) is 4.79 Å². The number of fused-ring (bicyclic) bond motifs is 1. The molecule has 2 heterocycles. The minimum absolute atomic E-state index is 0.0817. The van der Waals surface area contributed by atoms with Crippen LogP contribution in [0.2, 0.25) is 0 Å². The number of carbonyl (C=O) groups is 1. The molecular weight excluding hydrogens is 504 g/mol. The number of hydrazone groups is 1. The van der Waals surface area contributed by atoms with Crippen molar-refractivity contribution in [2.24, 2.45) is 22.9 Å². The molecule has 4 fully saturated rings. The summed E-state index contributed by atoms with van der Waals surface area (Å²) in [5.41, 5.74) is 7.92. The van der Waals surface area contributed by atoms with Gasteiger partial charge in [-0.2, -0.15) is 15.2 Å². The number of nitrogens with zero attached hydrogens (tertiary/aromatic N) is 4. The summed E-state index contributed by atoms with van der Waals surface area (Å²) < 4.78 is 2.00. The van der Waals surface area contributed by atoms with Crippen LogP contribution in [0, 0.1) is 31.6 Å². The lowest BCUT2D eigenvalue weighted by atomic mass is 9.48. The van der Waals surface area contributed by atoms with E-state index in [0.717, 1.165) is 57.2 Å². The van der Waals surface area contributed by atoms with Gasteiger partial charge in [0.05, 0.1) is 28.4 Å². The summed E-state index contributed by atoms with van der Waals surface area (Å²) in [4.78, 5) is 13.7. The number of anilines is 1. The molecule has 0 radical (unpaired) electrons. The lowest BCUT2D eigenvalue weighted by Crippen LogP contribution is -2.48. The Labute approximate surface area is 241 Å². The second-order valence-electron chi connectivity index (χ2n) is 13.1. The van der Waals surface area contributed by atoms with Gasteiger partial charge in [-0.15, -0.1) is 0 Å². The van der Waals surface area contributed by atoms with Gasteiger partial charge >= 0.3 is 0 Å². The fourth-order valence-electron chi connectivity index (χ4n) is 8.92. The van der Waals surface area contributed by atoms with Crippen molar-refractivity contribution in [2.75, 3.05) is 5.01 Å². The number of aryl methyl sites for hydroxylation is 1. The Morgan fingerprint density at radius 1 is 0.829 bits per heavy atom. The number of amides is 1. The molecule has 5 heteroatoms. The molecule has 5 nitrogen and oxygen atoms in total. The summed E-state index contributed by atoms with van der Waals surface area (Å²) in [5.74, 6) is 2.66. The lowest BCUT2D eigenvalue weighted by molar-refractivity contribution is -0.114. The second-order valence-corrected chi connectivity index (χ2v) is 13.1. The molecule has 1 aromatic heterocycles. The van der Waals surface area contributed by atoms with Gasteiger partial charge in [-0.1, -0.05) is 48.5 Å². The van der Waals surface area contributed by atoms with Gasteiger partial charge in [0.2, 0.25) is 0 Å². The first kappa shape index (κ1) is 24.8. The molecule has 4 aliphatic carbocycles. The number of carbonyl (C=O) groups excluding carboxylic acids is 1. The maximum absolute atomic E-state index is 13.7. The number of rotatable bonds is 4. The van der Waals surface area contributed by atoms with E-state index >= 15 is 0 Å². The van der Waals surface area contributed by atoms with Crippen molar-refractivity contribution in [2.45, 2.75) is 64.7 Å². The number of aromatic nitrogens is 2. The standard InChI is InChI=1S/C36H36N4O/c1-22-32(24(3)39(37-22)34-10-6-8-28-7-4-5-9-31(28)34)18-33-23(2)38-40(35(33)41)30-13-11-29(12-14-30)36-19-25-15-26(20-36)17-27(16-25)21-36/h4-14,18,25-27H,15-17,19-21H2,1-3H3/b33-18+. The van der Waals surface area contributed by atoms with Crippen molar-refractivity contribution < 1.29 is 4.79 Å². The number of hydrogen-bond donors (Lipinski definition) is 0. The Kier molecular flexibility index (Phi) is 5.44. The lowest BCUT2D eigenvalue weighted by Gasteiger charge is -2.57. The first-order valence-corrected chi connectivity index (χ1v) is 15.2. The Morgan fingerprint density at radius 2 is 1.49 bits per heavy atom. The highest BCUT2D eigenvalue weighted by Gasteiger charge is 2.51. The monoisotopic (exact) mass is 540 g/mol. The molecule has 206 valence electrons. The molecule has 9 rings (SSSR count). The van der Waals surface area contributed by atoms with E-state index in [9.17, 15) is 4.79 Å². The summed E-state index contributed by atoms with van der Waals surface area (Å²) in [6.07, 6.45) is 10.3. The van der Waals surface area contributed by atoms with Gasteiger partial charge in [0.1, 0.15) is 0 Å². The van der Waals surface area contributed by atoms with Gasteiger partial charge in [-0.25, -0.2) is 4.68 Å². The Hall–Kier alpha value is -3.99. The molecule has 0 saturated heterocycles. The predicted octanol–water partition coefficient (Wildman–Crippen LogP) is 7.92. The molecule has 0 unspecified atom stereocenters. The average Bonchev–Trinajstić information content (AvgIpc) is 3.41. The van der Waals surface area contributed by atoms with E-state index in [-0.39, 0.29) is 5.91 Å². The Morgan fingerprint density at radius 3 is 2.20 bits per heavy atom. The largest absolute Gasteiger partial charge is 0.280 e. The van der Waals surface area contributed by atoms with E-state index < -0.39 is 0 Å². The molecule has 1 aliphatic heterocycles. The zero-order valence-corrected chi connectivity index (χ0v) is 24.1. The average molecular weight is 541 g/mol. The summed E-state index contributed by atoms with van der Waals surface area (Å²) >= 11 is 0. The molecule has 3 aromatic carbocycles. The second kappa shape index (κ2) is 9.01. The Balaban J connectivity index is 1.09. The van der Waals surface area contributed by atoms with Gasteiger partial charge in [0.15, 0.2) is 0 Å². The van der Waals surface area contributed by atoms with Crippen LogP contribution in [0.5, 0.6) is 0 Å². The van der Waals surface area contributed by atoms with Crippen LogP contribution in [0.1, 0.15) is 68.0 Å². The van der Waals surface area contributed by atoms with Gasteiger partial charge < -0.3 is 0 Å². The van der Waals surface area contributed by atoms with Crippen molar-refractivity contribution >= 4 is 34.2 Å². The minimum atomic E-state index is -0.0817. The molecule has 5 aliphatic rings. The van der Waals surface area contributed by atoms with Crippen LogP contribution < -0.4 is 5.01 Å². The van der Waals surface area contributed by atoms with Gasteiger partial charge in [-0.05, 0) is 118 Å². The maximum atomic E-state index is 13.7. The fraction of sp³-hybridized carbons (Fsp3) is 0.361. The molecule has 0 spiro atoms. The highest BCUT2D eigenvalue weighted by molar-refractivity contribution is 6.32. The predicted molar refractivity (Wildman–Crippen MR) is 165 cm³/mol. The van der Waals surface area contributed by atoms with Crippen LogP contribution >= 0.6 is 0 Å². The van der Waals surface area contributed by atoms with Crippen molar-refractivity contribution in [1.82, 2.24) is 9.78 Å².